The van der Waals surface area contributed by atoms with E-state index in [1.54, 1.807) is 0 Å². The lowest BCUT2D eigenvalue weighted by molar-refractivity contribution is 0.116. The van der Waals surface area contributed by atoms with Gasteiger partial charge in [-0.05, 0) is 37.5 Å². The lowest BCUT2D eigenvalue weighted by atomic mass is 10.1. The minimum absolute atomic E-state index is 0.312. The van der Waals surface area contributed by atoms with Crippen LogP contribution >= 0.6 is 0 Å². The van der Waals surface area contributed by atoms with Gasteiger partial charge in [0.25, 0.3) is 0 Å². The summed E-state index contributed by atoms with van der Waals surface area (Å²) in [4.78, 5) is 2.13. The normalized spacial score (nSPS) is 19.0. The van der Waals surface area contributed by atoms with Gasteiger partial charge in [0.15, 0.2) is 0 Å². The van der Waals surface area contributed by atoms with Crippen LogP contribution in [0, 0.1) is 18.3 Å². The maximum Gasteiger partial charge on any atom is 0.101 e. The first-order valence-electron chi connectivity index (χ1n) is 6.04. The van der Waals surface area contributed by atoms with Crippen LogP contribution in [0.5, 0.6) is 0 Å². The van der Waals surface area contributed by atoms with Crippen LogP contribution in [0.1, 0.15) is 24.0 Å². The van der Waals surface area contributed by atoms with Crippen LogP contribution in [0.4, 0.5) is 5.69 Å². The zero-order valence-electron chi connectivity index (χ0n) is 10.4. The van der Waals surface area contributed by atoms with E-state index in [0.29, 0.717) is 6.10 Å². The van der Waals surface area contributed by atoms with E-state index in [4.69, 9.17) is 10.00 Å². The summed E-state index contributed by atoms with van der Waals surface area (Å²) in [5, 5.41) is 9.11. The monoisotopic (exact) mass is 230 g/mol. The van der Waals surface area contributed by atoms with E-state index in [0.717, 1.165) is 37.2 Å². The van der Waals surface area contributed by atoms with Gasteiger partial charge in [-0.3, -0.25) is 0 Å². The number of nitriles is 1. The standard InChI is InChI=1S/C14H18N2O/c1-11-5-6-12(9-15)14(8-11)16(2)10-13-4-3-7-17-13/h5-6,8,13H,3-4,7,10H2,1-2H3. The number of hydrogen-bond acceptors (Lipinski definition) is 3. The molecule has 0 aromatic heterocycles. The SMILES string of the molecule is Cc1ccc(C#N)c(N(C)CC2CCCO2)c1. The van der Waals surface area contributed by atoms with Gasteiger partial charge in [0.05, 0.1) is 17.4 Å². The van der Waals surface area contributed by atoms with Crippen LogP contribution in [0.15, 0.2) is 18.2 Å². The summed E-state index contributed by atoms with van der Waals surface area (Å²) in [6.45, 7) is 3.78. The Hall–Kier alpha value is -1.53. The van der Waals surface area contributed by atoms with E-state index in [9.17, 15) is 0 Å². The highest BCUT2D eigenvalue weighted by Crippen LogP contribution is 2.22. The van der Waals surface area contributed by atoms with Crippen molar-refractivity contribution in [1.29, 1.82) is 5.26 Å². The molecule has 3 heteroatoms. The van der Waals surface area contributed by atoms with Crippen LogP contribution in [0.3, 0.4) is 0 Å². The van der Waals surface area contributed by atoms with Gasteiger partial charge in [0.2, 0.25) is 0 Å². The molecule has 1 aliphatic rings. The molecular weight excluding hydrogens is 212 g/mol. The largest absolute Gasteiger partial charge is 0.376 e. The van der Waals surface area contributed by atoms with Crippen molar-refractivity contribution >= 4 is 5.69 Å². The molecular formula is C14H18N2O. The molecule has 1 aliphatic heterocycles. The van der Waals surface area contributed by atoms with Crippen molar-refractivity contribution in [3.63, 3.8) is 0 Å². The molecule has 0 N–H and O–H groups in total. The van der Waals surface area contributed by atoms with Crippen LogP contribution < -0.4 is 4.90 Å². The number of anilines is 1. The molecule has 17 heavy (non-hydrogen) atoms. The number of rotatable bonds is 3. The van der Waals surface area contributed by atoms with E-state index in [-0.39, 0.29) is 0 Å². The molecule has 1 heterocycles. The van der Waals surface area contributed by atoms with Crippen molar-refractivity contribution in [2.45, 2.75) is 25.9 Å². The zero-order valence-corrected chi connectivity index (χ0v) is 10.4. The Labute approximate surface area is 103 Å². The molecule has 1 aromatic carbocycles. The van der Waals surface area contributed by atoms with Crippen molar-refractivity contribution in [2.75, 3.05) is 25.1 Å². The smallest absolute Gasteiger partial charge is 0.101 e. The topological polar surface area (TPSA) is 36.3 Å². The highest BCUT2D eigenvalue weighted by molar-refractivity contribution is 5.60. The zero-order chi connectivity index (χ0) is 12.3. The summed E-state index contributed by atoms with van der Waals surface area (Å²) in [5.41, 5.74) is 2.91. The molecule has 0 saturated carbocycles. The maximum absolute atomic E-state index is 9.11. The Morgan fingerprint density at radius 3 is 3.00 bits per heavy atom. The van der Waals surface area contributed by atoms with Gasteiger partial charge in [-0.2, -0.15) is 5.26 Å². The Morgan fingerprint density at radius 1 is 1.53 bits per heavy atom. The first kappa shape index (κ1) is 11.9. The first-order chi connectivity index (χ1) is 8.20. The van der Waals surface area contributed by atoms with E-state index in [2.05, 4.69) is 17.0 Å². The first-order valence-corrected chi connectivity index (χ1v) is 6.04. The molecule has 1 aromatic rings. The van der Waals surface area contributed by atoms with Crippen molar-refractivity contribution in [2.24, 2.45) is 0 Å². The number of nitrogens with zero attached hydrogens (tertiary/aromatic N) is 2. The second-order valence-electron chi connectivity index (χ2n) is 4.65. The van der Waals surface area contributed by atoms with Gasteiger partial charge in [-0.15, -0.1) is 0 Å². The van der Waals surface area contributed by atoms with E-state index >= 15 is 0 Å². The molecule has 0 bridgehead atoms. The highest BCUT2D eigenvalue weighted by Gasteiger charge is 2.18. The second kappa shape index (κ2) is 5.20. The lowest BCUT2D eigenvalue weighted by Crippen LogP contribution is -2.29. The predicted octanol–water partition coefficient (Wildman–Crippen LogP) is 2.48. The molecule has 0 aliphatic carbocycles. The van der Waals surface area contributed by atoms with Gasteiger partial charge in [-0.25, -0.2) is 0 Å². The fourth-order valence-electron chi connectivity index (χ4n) is 2.24. The van der Waals surface area contributed by atoms with Crippen LogP contribution in [-0.2, 0) is 4.74 Å². The average Bonchev–Trinajstić information content (AvgIpc) is 2.81. The Bertz CT molecular complexity index is 430. The van der Waals surface area contributed by atoms with Crippen LogP contribution in [-0.4, -0.2) is 26.3 Å². The van der Waals surface area contributed by atoms with Gasteiger partial charge >= 0.3 is 0 Å². The summed E-state index contributed by atoms with van der Waals surface area (Å²) in [6.07, 6.45) is 2.59. The third kappa shape index (κ3) is 2.78. The third-order valence-electron chi connectivity index (χ3n) is 3.19. The van der Waals surface area contributed by atoms with Crippen molar-refractivity contribution in [3.05, 3.63) is 29.3 Å². The molecule has 3 nitrogen and oxygen atoms in total. The molecule has 1 unspecified atom stereocenters. The molecule has 1 saturated heterocycles. The Kier molecular flexibility index (Phi) is 3.65. The molecule has 0 spiro atoms. The van der Waals surface area contributed by atoms with Gasteiger partial charge < -0.3 is 9.64 Å². The van der Waals surface area contributed by atoms with Gasteiger partial charge in [-0.1, -0.05) is 6.07 Å². The fourth-order valence-corrected chi connectivity index (χ4v) is 2.24. The molecule has 1 fully saturated rings. The highest BCUT2D eigenvalue weighted by atomic mass is 16.5. The van der Waals surface area contributed by atoms with Gasteiger partial charge in [0, 0.05) is 20.2 Å². The van der Waals surface area contributed by atoms with E-state index in [1.807, 2.05) is 26.1 Å². The van der Waals surface area contributed by atoms with Gasteiger partial charge in [0.1, 0.15) is 6.07 Å². The van der Waals surface area contributed by atoms with Crippen molar-refractivity contribution in [1.82, 2.24) is 0 Å². The Morgan fingerprint density at radius 2 is 2.35 bits per heavy atom. The quantitative estimate of drug-likeness (QED) is 0.800. The molecule has 90 valence electrons. The molecule has 2 rings (SSSR count). The average molecular weight is 230 g/mol. The number of aryl methyl sites for hydroxylation is 1. The molecule has 0 radical (unpaired) electrons. The fraction of sp³-hybridized carbons (Fsp3) is 0.500. The summed E-state index contributed by atoms with van der Waals surface area (Å²) in [6, 6.07) is 8.17. The van der Waals surface area contributed by atoms with Crippen molar-refractivity contribution < 1.29 is 4.74 Å². The van der Waals surface area contributed by atoms with Crippen LogP contribution in [0.25, 0.3) is 0 Å². The maximum atomic E-state index is 9.11. The summed E-state index contributed by atoms with van der Waals surface area (Å²) in [7, 11) is 2.03. The summed E-state index contributed by atoms with van der Waals surface area (Å²) in [5.74, 6) is 0. The molecule has 1 atom stereocenters. The minimum Gasteiger partial charge on any atom is -0.376 e. The number of hydrogen-bond donors (Lipinski definition) is 0. The summed E-state index contributed by atoms with van der Waals surface area (Å²) < 4.78 is 5.62. The molecule has 0 amide bonds. The van der Waals surface area contributed by atoms with Crippen molar-refractivity contribution in [3.8, 4) is 6.07 Å². The Balaban J connectivity index is 2.14. The third-order valence-corrected chi connectivity index (χ3v) is 3.19. The van der Waals surface area contributed by atoms with E-state index in [1.165, 1.54) is 5.56 Å². The van der Waals surface area contributed by atoms with Crippen LogP contribution in [0.2, 0.25) is 0 Å². The second-order valence-corrected chi connectivity index (χ2v) is 4.65. The number of likely N-dealkylation sites (N-methyl/N-ethyl adjacent to an activating group) is 1. The van der Waals surface area contributed by atoms with E-state index < -0.39 is 0 Å². The summed E-state index contributed by atoms with van der Waals surface area (Å²) >= 11 is 0. The number of ether oxygens (including phenoxy) is 1. The predicted molar refractivity (Wildman–Crippen MR) is 68.1 cm³/mol. The lowest BCUT2D eigenvalue weighted by Gasteiger charge is -2.24. The minimum atomic E-state index is 0.312. The number of benzene rings is 1.